The van der Waals surface area contributed by atoms with Crippen molar-refractivity contribution in [2.45, 2.75) is 13.8 Å². The summed E-state index contributed by atoms with van der Waals surface area (Å²) in [4.78, 5) is 12.4. The number of rotatable bonds is 4. The molecule has 0 saturated carbocycles. The Hall–Kier alpha value is -1.68. The van der Waals surface area contributed by atoms with Crippen LogP contribution in [0, 0.1) is 12.7 Å². The molecule has 2 aromatic rings. The molecule has 0 atom stereocenters. The van der Waals surface area contributed by atoms with Gasteiger partial charge in [0.05, 0.1) is 6.61 Å². The lowest BCUT2D eigenvalue weighted by Crippen LogP contribution is -2.04. The van der Waals surface area contributed by atoms with Crippen LogP contribution >= 0.6 is 15.9 Å². The molecule has 0 aliphatic rings. The number of hydrogen-bond acceptors (Lipinski definition) is 2. The lowest BCUT2D eigenvalue weighted by atomic mass is 10.0. The molecule has 0 bridgehead atoms. The maximum atomic E-state index is 13.4. The van der Waals surface area contributed by atoms with Gasteiger partial charge in [-0.3, -0.25) is 4.79 Å². The number of carbonyl (C=O) groups is 1. The van der Waals surface area contributed by atoms with Gasteiger partial charge >= 0.3 is 0 Å². The van der Waals surface area contributed by atoms with Gasteiger partial charge in [0, 0.05) is 15.6 Å². The van der Waals surface area contributed by atoms with E-state index in [1.165, 1.54) is 12.1 Å². The molecule has 20 heavy (non-hydrogen) atoms. The van der Waals surface area contributed by atoms with Crippen molar-refractivity contribution in [3.8, 4) is 5.75 Å². The van der Waals surface area contributed by atoms with Gasteiger partial charge < -0.3 is 4.74 Å². The van der Waals surface area contributed by atoms with Crippen LogP contribution in [0.5, 0.6) is 5.75 Å². The fourth-order valence-corrected chi connectivity index (χ4v) is 2.50. The second-order valence-electron chi connectivity index (χ2n) is 4.42. The van der Waals surface area contributed by atoms with Crippen molar-refractivity contribution in [2.75, 3.05) is 6.61 Å². The molecule has 2 rings (SSSR count). The van der Waals surface area contributed by atoms with Gasteiger partial charge in [-0.1, -0.05) is 0 Å². The Morgan fingerprint density at radius 1 is 1.25 bits per heavy atom. The maximum Gasteiger partial charge on any atom is 0.194 e. The van der Waals surface area contributed by atoms with Crippen molar-refractivity contribution in [3.05, 3.63) is 63.4 Å². The fourth-order valence-electron chi connectivity index (χ4n) is 1.96. The van der Waals surface area contributed by atoms with Crippen molar-refractivity contribution >= 4 is 21.7 Å². The van der Waals surface area contributed by atoms with E-state index >= 15 is 0 Å². The summed E-state index contributed by atoms with van der Waals surface area (Å²) >= 11 is 3.36. The molecule has 4 heteroatoms. The van der Waals surface area contributed by atoms with E-state index in [9.17, 15) is 9.18 Å². The summed E-state index contributed by atoms with van der Waals surface area (Å²) < 4.78 is 19.4. The topological polar surface area (TPSA) is 26.3 Å². The molecule has 0 fully saturated rings. The van der Waals surface area contributed by atoms with Crippen LogP contribution in [0.3, 0.4) is 0 Å². The van der Waals surface area contributed by atoms with Gasteiger partial charge in [-0.15, -0.1) is 0 Å². The summed E-state index contributed by atoms with van der Waals surface area (Å²) in [7, 11) is 0. The predicted molar refractivity (Wildman–Crippen MR) is 79.9 cm³/mol. The van der Waals surface area contributed by atoms with Crippen molar-refractivity contribution < 1.29 is 13.9 Å². The summed E-state index contributed by atoms with van der Waals surface area (Å²) in [5.74, 6) is 0.0595. The molecule has 0 aliphatic heterocycles. The van der Waals surface area contributed by atoms with Crippen LogP contribution in [0.4, 0.5) is 4.39 Å². The molecule has 0 aromatic heterocycles. The fraction of sp³-hybridized carbons (Fsp3) is 0.188. The number of aryl methyl sites for hydroxylation is 1. The van der Waals surface area contributed by atoms with Crippen LogP contribution < -0.4 is 4.74 Å². The van der Waals surface area contributed by atoms with E-state index in [1.807, 2.05) is 6.92 Å². The zero-order valence-electron chi connectivity index (χ0n) is 11.2. The van der Waals surface area contributed by atoms with E-state index in [-0.39, 0.29) is 5.78 Å². The number of benzene rings is 2. The van der Waals surface area contributed by atoms with Gasteiger partial charge in [0.15, 0.2) is 5.78 Å². The largest absolute Gasteiger partial charge is 0.494 e. The third-order valence-electron chi connectivity index (χ3n) is 2.80. The SMILES string of the molecule is CCOc1ccc(C(=O)c2cc(C)cc(F)c2)c(Br)c1. The van der Waals surface area contributed by atoms with Gasteiger partial charge in [0.25, 0.3) is 0 Å². The summed E-state index contributed by atoms with van der Waals surface area (Å²) in [5, 5.41) is 0. The second-order valence-corrected chi connectivity index (χ2v) is 5.28. The maximum absolute atomic E-state index is 13.4. The molecule has 0 saturated heterocycles. The van der Waals surface area contributed by atoms with Crippen molar-refractivity contribution in [2.24, 2.45) is 0 Å². The molecule has 0 N–H and O–H groups in total. The molecular formula is C16H14BrFO2. The van der Waals surface area contributed by atoms with E-state index in [0.717, 1.165) is 5.56 Å². The van der Waals surface area contributed by atoms with E-state index in [0.29, 0.717) is 28.0 Å². The average molecular weight is 337 g/mol. The van der Waals surface area contributed by atoms with Gasteiger partial charge in [-0.05, 0) is 71.7 Å². The summed E-state index contributed by atoms with van der Waals surface area (Å²) in [6.07, 6.45) is 0. The summed E-state index contributed by atoms with van der Waals surface area (Å²) in [6.45, 7) is 4.21. The normalized spacial score (nSPS) is 10.4. The number of ketones is 1. The first-order valence-corrected chi connectivity index (χ1v) is 7.05. The minimum atomic E-state index is -0.407. The van der Waals surface area contributed by atoms with Gasteiger partial charge in [0.2, 0.25) is 0 Å². The second kappa shape index (κ2) is 6.18. The number of hydrogen-bond donors (Lipinski definition) is 0. The highest BCUT2D eigenvalue weighted by Gasteiger charge is 2.14. The molecule has 0 radical (unpaired) electrons. The lowest BCUT2D eigenvalue weighted by Gasteiger charge is -2.08. The van der Waals surface area contributed by atoms with Gasteiger partial charge in [-0.25, -0.2) is 4.39 Å². The first kappa shape index (κ1) is 14.7. The highest BCUT2D eigenvalue weighted by molar-refractivity contribution is 9.10. The Bertz CT molecular complexity index is 633. The van der Waals surface area contributed by atoms with E-state index in [1.54, 1.807) is 31.2 Å². The molecule has 0 heterocycles. The monoisotopic (exact) mass is 336 g/mol. The van der Waals surface area contributed by atoms with Crippen molar-refractivity contribution in [3.63, 3.8) is 0 Å². The predicted octanol–water partition coefficient (Wildman–Crippen LogP) is 4.53. The van der Waals surface area contributed by atoms with Crippen LogP contribution in [-0.4, -0.2) is 12.4 Å². The molecule has 2 aromatic carbocycles. The smallest absolute Gasteiger partial charge is 0.194 e. The molecule has 0 spiro atoms. The number of carbonyl (C=O) groups excluding carboxylic acids is 1. The summed E-state index contributed by atoms with van der Waals surface area (Å²) in [6, 6.07) is 9.46. The van der Waals surface area contributed by atoms with Crippen LogP contribution in [0.25, 0.3) is 0 Å². The number of ether oxygens (including phenoxy) is 1. The number of halogens is 2. The first-order valence-electron chi connectivity index (χ1n) is 6.25. The molecule has 104 valence electrons. The van der Waals surface area contributed by atoms with Crippen LogP contribution in [0.15, 0.2) is 40.9 Å². The molecule has 0 amide bonds. The van der Waals surface area contributed by atoms with Crippen LogP contribution in [0.1, 0.15) is 28.4 Å². The van der Waals surface area contributed by atoms with Crippen LogP contribution in [0.2, 0.25) is 0 Å². The average Bonchev–Trinajstić information content (AvgIpc) is 2.37. The van der Waals surface area contributed by atoms with Gasteiger partial charge in [0.1, 0.15) is 11.6 Å². The molecular weight excluding hydrogens is 323 g/mol. The zero-order valence-corrected chi connectivity index (χ0v) is 12.8. The Labute approximate surface area is 125 Å². The van der Waals surface area contributed by atoms with Crippen LogP contribution in [-0.2, 0) is 0 Å². The third kappa shape index (κ3) is 3.25. The van der Waals surface area contributed by atoms with E-state index in [4.69, 9.17) is 4.74 Å². The Morgan fingerprint density at radius 2 is 2.00 bits per heavy atom. The minimum absolute atomic E-state index is 0.220. The zero-order chi connectivity index (χ0) is 14.7. The van der Waals surface area contributed by atoms with E-state index in [2.05, 4.69) is 15.9 Å². The van der Waals surface area contributed by atoms with Crippen molar-refractivity contribution in [1.82, 2.24) is 0 Å². The third-order valence-corrected chi connectivity index (χ3v) is 3.46. The van der Waals surface area contributed by atoms with Crippen molar-refractivity contribution in [1.29, 1.82) is 0 Å². The molecule has 2 nitrogen and oxygen atoms in total. The van der Waals surface area contributed by atoms with E-state index < -0.39 is 5.82 Å². The Balaban J connectivity index is 2.38. The Kier molecular flexibility index (Phi) is 4.55. The highest BCUT2D eigenvalue weighted by atomic mass is 79.9. The highest BCUT2D eigenvalue weighted by Crippen LogP contribution is 2.25. The quantitative estimate of drug-likeness (QED) is 0.767. The summed E-state index contributed by atoms with van der Waals surface area (Å²) in [5.41, 5.74) is 1.54. The Morgan fingerprint density at radius 3 is 2.60 bits per heavy atom. The minimum Gasteiger partial charge on any atom is -0.494 e. The van der Waals surface area contributed by atoms with Gasteiger partial charge in [-0.2, -0.15) is 0 Å². The molecule has 0 aliphatic carbocycles. The lowest BCUT2D eigenvalue weighted by molar-refractivity contribution is 0.103. The standard InChI is InChI=1S/C16H14BrFO2/c1-3-20-13-4-5-14(15(17)9-13)16(19)11-6-10(2)7-12(18)8-11/h4-9H,3H2,1-2H3. The first-order chi connectivity index (χ1) is 9.51. The molecule has 0 unspecified atom stereocenters.